The lowest BCUT2D eigenvalue weighted by Gasteiger charge is -2.11. The van der Waals surface area contributed by atoms with E-state index in [-0.39, 0.29) is 37.2 Å². The molecule has 0 saturated carbocycles. The predicted octanol–water partition coefficient (Wildman–Crippen LogP) is 2.41. The molecule has 1 aromatic heterocycles. The second kappa shape index (κ2) is 12.5. The van der Waals surface area contributed by atoms with E-state index < -0.39 is 0 Å². The molecule has 0 unspecified atom stereocenters. The van der Waals surface area contributed by atoms with Gasteiger partial charge in [-0.05, 0) is 56.4 Å². The van der Waals surface area contributed by atoms with Crippen LogP contribution in [0.5, 0.6) is 5.75 Å². The Labute approximate surface area is 207 Å². The molecule has 1 aliphatic heterocycles. The number of carbonyl (C=O) groups excluding carboxylic acids is 2. The summed E-state index contributed by atoms with van der Waals surface area (Å²) in [4.78, 5) is 34.3. The van der Waals surface area contributed by atoms with Crippen molar-refractivity contribution < 1.29 is 24.2 Å². The van der Waals surface area contributed by atoms with Crippen LogP contribution in [0.2, 0.25) is 5.02 Å². The lowest BCUT2D eigenvalue weighted by molar-refractivity contribution is -0.123. The average molecular weight is 500 g/mol. The minimum absolute atomic E-state index is 0.0220. The first-order chi connectivity index (χ1) is 17.0. The zero-order chi connectivity index (χ0) is 25.2. The van der Waals surface area contributed by atoms with Gasteiger partial charge in [0.2, 0.25) is 5.91 Å². The lowest BCUT2D eigenvalue weighted by atomic mass is 10.1. The summed E-state index contributed by atoms with van der Waals surface area (Å²) in [5.74, 6) is 0.237. The van der Waals surface area contributed by atoms with Gasteiger partial charge in [0.1, 0.15) is 12.3 Å². The van der Waals surface area contributed by atoms with Crippen LogP contribution in [0.1, 0.15) is 16.9 Å². The summed E-state index contributed by atoms with van der Waals surface area (Å²) >= 11 is 6.20. The Kier molecular flexibility index (Phi) is 9.22. The molecule has 35 heavy (non-hydrogen) atoms. The monoisotopic (exact) mass is 499 g/mol. The largest absolute Gasteiger partial charge is 0.494 e. The van der Waals surface area contributed by atoms with Crippen molar-refractivity contribution in [2.24, 2.45) is 0 Å². The highest BCUT2D eigenvalue weighted by Gasteiger charge is 2.27. The maximum Gasteiger partial charge on any atom is 0.290 e. The summed E-state index contributed by atoms with van der Waals surface area (Å²) in [7, 11) is 1.91. The highest BCUT2D eigenvalue weighted by Crippen LogP contribution is 2.28. The first-order valence-corrected chi connectivity index (χ1v) is 11.2. The van der Waals surface area contributed by atoms with Crippen molar-refractivity contribution in [1.82, 2.24) is 25.3 Å². The quantitative estimate of drug-likeness (QED) is 0.321. The number of halogens is 1. The molecule has 11 heteroatoms. The maximum atomic E-state index is 13.0. The van der Waals surface area contributed by atoms with Gasteiger partial charge in [-0.3, -0.25) is 14.4 Å². The van der Waals surface area contributed by atoms with E-state index in [1.807, 2.05) is 43.4 Å². The van der Waals surface area contributed by atoms with E-state index in [9.17, 15) is 9.59 Å². The summed E-state index contributed by atoms with van der Waals surface area (Å²) in [5.41, 5.74) is 2.53. The average Bonchev–Trinajstić information content (AvgIpc) is 3.49. The molecule has 2 aromatic carbocycles. The highest BCUT2D eigenvalue weighted by molar-refractivity contribution is 6.30. The number of nitrogens with zero attached hydrogens (tertiary/aromatic N) is 3. The van der Waals surface area contributed by atoms with E-state index in [0.29, 0.717) is 11.6 Å². The second-order valence-corrected chi connectivity index (χ2v) is 7.94. The molecule has 3 N–H and O–H groups in total. The zero-order valence-electron chi connectivity index (χ0n) is 19.1. The van der Waals surface area contributed by atoms with Crippen LogP contribution in [-0.4, -0.2) is 71.5 Å². The third-order valence-electron chi connectivity index (χ3n) is 5.04. The number of rotatable bonds is 8. The molecule has 4 rings (SSSR count). The number of hydrogen-bond donors (Lipinski definition) is 3. The van der Waals surface area contributed by atoms with E-state index in [4.69, 9.17) is 26.2 Å². The van der Waals surface area contributed by atoms with Crippen LogP contribution < -0.4 is 15.4 Å². The first-order valence-electron chi connectivity index (χ1n) is 10.8. The molecule has 2 amide bonds. The number of benzene rings is 2. The molecule has 3 aromatic rings. The number of carboxylic acid groups (broad SMARTS) is 1. The molecule has 0 bridgehead atoms. The first kappa shape index (κ1) is 25.7. The van der Waals surface area contributed by atoms with Gasteiger partial charge in [-0.1, -0.05) is 29.8 Å². The molecule has 2 heterocycles. The van der Waals surface area contributed by atoms with Crippen LogP contribution in [0.25, 0.3) is 16.9 Å². The third kappa shape index (κ3) is 6.81. The molecule has 1 saturated heterocycles. The van der Waals surface area contributed by atoms with Crippen molar-refractivity contribution in [2.45, 2.75) is 6.42 Å². The number of amides is 2. The van der Waals surface area contributed by atoms with Crippen LogP contribution in [0, 0.1) is 0 Å². The molecular formula is C24H26ClN5O5. The minimum atomic E-state index is -0.315. The SMILES string of the molecule is CNCCCOc1cccc(-c2cc(C(=O)N3CNC(=O)C3)nn2-c2cccc(Cl)c2)c1.O=CO. The molecule has 0 radical (unpaired) electrons. The van der Waals surface area contributed by atoms with Gasteiger partial charge in [-0.25, -0.2) is 4.68 Å². The Balaban J connectivity index is 0.00000108. The Morgan fingerprint density at radius 3 is 2.71 bits per heavy atom. The van der Waals surface area contributed by atoms with Gasteiger partial charge in [0.15, 0.2) is 5.69 Å². The van der Waals surface area contributed by atoms with Gasteiger partial charge in [0.05, 0.1) is 24.7 Å². The van der Waals surface area contributed by atoms with Crippen LogP contribution >= 0.6 is 11.6 Å². The van der Waals surface area contributed by atoms with Gasteiger partial charge < -0.3 is 25.4 Å². The van der Waals surface area contributed by atoms with Crippen molar-refractivity contribution in [3.8, 4) is 22.7 Å². The van der Waals surface area contributed by atoms with Crippen molar-refractivity contribution in [3.05, 3.63) is 65.3 Å². The number of nitrogens with one attached hydrogen (secondary N) is 2. The van der Waals surface area contributed by atoms with E-state index >= 15 is 0 Å². The van der Waals surface area contributed by atoms with Crippen LogP contribution in [0.3, 0.4) is 0 Å². The van der Waals surface area contributed by atoms with Gasteiger partial charge in [-0.15, -0.1) is 0 Å². The topological polar surface area (TPSA) is 126 Å². The Bertz CT molecular complexity index is 1180. The maximum absolute atomic E-state index is 13.0. The molecule has 10 nitrogen and oxygen atoms in total. The highest BCUT2D eigenvalue weighted by atomic mass is 35.5. The van der Waals surface area contributed by atoms with E-state index in [1.54, 1.807) is 22.9 Å². The standard InChI is InChI=1S/C23H24ClN5O3.CH2O2/c1-25-9-4-10-32-19-8-2-5-16(11-19)21-13-20(23(31)28-14-22(30)26-15-28)27-29(21)18-7-3-6-17(24)12-18;2-1-3/h2-3,5-8,11-13,25H,4,9-10,14-15H2,1H3,(H,26,30);1H,(H,2,3). The molecule has 1 fully saturated rings. The third-order valence-corrected chi connectivity index (χ3v) is 5.27. The van der Waals surface area contributed by atoms with E-state index in [1.165, 1.54) is 4.90 Å². The lowest BCUT2D eigenvalue weighted by Crippen LogP contribution is -2.30. The van der Waals surface area contributed by atoms with Crippen molar-refractivity contribution in [1.29, 1.82) is 0 Å². The van der Waals surface area contributed by atoms with Crippen molar-refractivity contribution in [3.63, 3.8) is 0 Å². The fourth-order valence-corrected chi connectivity index (χ4v) is 3.64. The van der Waals surface area contributed by atoms with Crippen LogP contribution in [-0.2, 0) is 9.59 Å². The summed E-state index contributed by atoms with van der Waals surface area (Å²) in [6.07, 6.45) is 0.891. The number of ether oxygens (including phenoxy) is 1. The normalized spacial score (nSPS) is 12.5. The van der Waals surface area contributed by atoms with Gasteiger partial charge in [-0.2, -0.15) is 5.10 Å². The Morgan fingerprint density at radius 1 is 1.26 bits per heavy atom. The Hall–Kier alpha value is -3.89. The minimum Gasteiger partial charge on any atom is -0.494 e. The number of carbonyl (C=O) groups is 3. The summed E-state index contributed by atoms with van der Waals surface area (Å²) < 4.78 is 7.56. The van der Waals surface area contributed by atoms with Crippen LogP contribution in [0.4, 0.5) is 0 Å². The second-order valence-electron chi connectivity index (χ2n) is 7.51. The smallest absolute Gasteiger partial charge is 0.290 e. The molecule has 0 spiro atoms. The Morgan fingerprint density at radius 2 is 2.03 bits per heavy atom. The molecular weight excluding hydrogens is 474 g/mol. The predicted molar refractivity (Wildman–Crippen MR) is 131 cm³/mol. The van der Waals surface area contributed by atoms with Crippen molar-refractivity contribution in [2.75, 3.05) is 33.4 Å². The summed E-state index contributed by atoms with van der Waals surface area (Å²) in [6, 6.07) is 16.7. The van der Waals surface area contributed by atoms with Gasteiger partial charge in [0.25, 0.3) is 12.4 Å². The summed E-state index contributed by atoms with van der Waals surface area (Å²) in [5, 5.41) is 17.8. The fourth-order valence-electron chi connectivity index (χ4n) is 3.45. The molecule has 0 aliphatic carbocycles. The number of hydrogen-bond acceptors (Lipinski definition) is 6. The van der Waals surface area contributed by atoms with E-state index in [0.717, 1.165) is 35.7 Å². The molecule has 1 aliphatic rings. The van der Waals surface area contributed by atoms with Crippen LogP contribution in [0.15, 0.2) is 54.6 Å². The number of aromatic nitrogens is 2. The zero-order valence-corrected chi connectivity index (χ0v) is 19.9. The summed E-state index contributed by atoms with van der Waals surface area (Å²) in [6.45, 7) is 1.42. The fraction of sp³-hybridized carbons (Fsp3) is 0.250. The van der Waals surface area contributed by atoms with Gasteiger partial charge >= 0.3 is 0 Å². The van der Waals surface area contributed by atoms with E-state index in [2.05, 4.69) is 15.7 Å². The van der Waals surface area contributed by atoms with Gasteiger partial charge in [0, 0.05) is 10.6 Å². The van der Waals surface area contributed by atoms with Crippen molar-refractivity contribution >= 4 is 29.9 Å². The molecule has 0 atom stereocenters. The molecule has 184 valence electrons.